The van der Waals surface area contributed by atoms with Crippen molar-refractivity contribution in [3.05, 3.63) is 53.7 Å². The summed E-state index contributed by atoms with van der Waals surface area (Å²) in [4.78, 5) is 6.38. The van der Waals surface area contributed by atoms with Crippen LogP contribution in [0.15, 0.2) is 42.5 Å². The third kappa shape index (κ3) is 4.55. The molecule has 2 rings (SSSR count). The highest BCUT2D eigenvalue weighted by molar-refractivity contribution is 5.30. The summed E-state index contributed by atoms with van der Waals surface area (Å²) in [5, 5.41) is 0. The van der Waals surface area contributed by atoms with Crippen molar-refractivity contribution in [1.29, 1.82) is 0 Å². The molecule has 0 fully saturated rings. The fourth-order valence-electron chi connectivity index (χ4n) is 1.84. The molecule has 20 heavy (non-hydrogen) atoms. The summed E-state index contributed by atoms with van der Waals surface area (Å²) >= 11 is 0. The van der Waals surface area contributed by atoms with Crippen LogP contribution in [0.3, 0.4) is 0 Å². The van der Waals surface area contributed by atoms with Crippen molar-refractivity contribution >= 4 is 5.82 Å². The maximum Gasteiger partial charge on any atom is 0.130 e. The largest absolute Gasteiger partial charge is 0.487 e. The minimum atomic E-state index is 0.433. The van der Waals surface area contributed by atoms with Crippen molar-refractivity contribution in [3.8, 4) is 5.75 Å². The Labute approximate surface area is 120 Å². The standard InChI is InChI=1S/C16H21N3O/c1-19(2)11-10-13-6-8-15(9-7-13)20-12-14-4-3-5-16(17)18-14/h3-9H,10-12H2,1-2H3,(H2,17,18). The van der Waals surface area contributed by atoms with E-state index in [2.05, 4.69) is 36.1 Å². The lowest BCUT2D eigenvalue weighted by Gasteiger charge is -2.10. The minimum absolute atomic E-state index is 0.433. The van der Waals surface area contributed by atoms with E-state index in [0.717, 1.165) is 24.4 Å². The van der Waals surface area contributed by atoms with E-state index in [1.54, 1.807) is 6.07 Å². The monoisotopic (exact) mass is 271 g/mol. The molecule has 0 unspecified atom stereocenters. The van der Waals surface area contributed by atoms with E-state index in [1.807, 2.05) is 24.3 Å². The van der Waals surface area contributed by atoms with Gasteiger partial charge in [0.15, 0.2) is 0 Å². The summed E-state index contributed by atoms with van der Waals surface area (Å²) in [6.45, 7) is 1.48. The Morgan fingerprint density at radius 2 is 1.85 bits per heavy atom. The second kappa shape index (κ2) is 6.91. The third-order valence-corrected chi connectivity index (χ3v) is 2.99. The molecule has 0 amide bonds. The Kier molecular flexibility index (Phi) is 4.96. The van der Waals surface area contributed by atoms with Crippen LogP contribution in [-0.2, 0) is 13.0 Å². The lowest BCUT2D eigenvalue weighted by atomic mass is 10.1. The molecule has 1 aromatic heterocycles. The highest BCUT2D eigenvalue weighted by atomic mass is 16.5. The van der Waals surface area contributed by atoms with Gasteiger partial charge in [-0.1, -0.05) is 18.2 Å². The van der Waals surface area contributed by atoms with E-state index in [9.17, 15) is 0 Å². The van der Waals surface area contributed by atoms with Gasteiger partial charge in [0.1, 0.15) is 18.2 Å². The van der Waals surface area contributed by atoms with Crippen LogP contribution >= 0.6 is 0 Å². The Morgan fingerprint density at radius 3 is 2.50 bits per heavy atom. The third-order valence-electron chi connectivity index (χ3n) is 2.99. The van der Waals surface area contributed by atoms with Crippen LogP contribution in [-0.4, -0.2) is 30.5 Å². The van der Waals surface area contributed by atoms with Gasteiger partial charge in [0, 0.05) is 6.54 Å². The Bertz CT molecular complexity index is 538. The summed E-state index contributed by atoms with van der Waals surface area (Å²) < 4.78 is 5.70. The Balaban J connectivity index is 1.87. The Morgan fingerprint density at radius 1 is 1.10 bits per heavy atom. The first-order valence-electron chi connectivity index (χ1n) is 6.71. The van der Waals surface area contributed by atoms with Gasteiger partial charge in [0.05, 0.1) is 5.69 Å². The first kappa shape index (κ1) is 14.3. The van der Waals surface area contributed by atoms with Gasteiger partial charge in [0.25, 0.3) is 0 Å². The van der Waals surface area contributed by atoms with Crippen molar-refractivity contribution in [2.24, 2.45) is 0 Å². The van der Waals surface area contributed by atoms with Crippen LogP contribution in [0.5, 0.6) is 5.75 Å². The molecule has 1 heterocycles. The van der Waals surface area contributed by atoms with Crippen LogP contribution in [0, 0.1) is 0 Å². The van der Waals surface area contributed by atoms with Gasteiger partial charge in [-0.2, -0.15) is 0 Å². The van der Waals surface area contributed by atoms with Gasteiger partial charge in [-0.15, -0.1) is 0 Å². The predicted molar refractivity (Wildman–Crippen MR) is 81.7 cm³/mol. The fraction of sp³-hybridized carbons (Fsp3) is 0.312. The number of nitrogens with zero attached hydrogens (tertiary/aromatic N) is 2. The number of rotatable bonds is 6. The molecular weight excluding hydrogens is 250 g/mol. The lowest BCUT2D eigenvalue weighted by Crippen LogP contribution is -2.14. The van der Waals surface area contributed by atoms with Crippen molar-refractivity contribution in [3.63, 3.8) is 0 Å². The van der Waals surface area contributed by atoms with E-state index in [-0.39, 0.29) is 0 Å². The summed E-state index contributed by atoms with van der Waals surface area (Å²) in [5.74, 6) is 1.37. The number of pyridine rings is 1. The van der Waals surface area contributed by atoms with E-state index in [1.165, 1.54) is 5.56 Å². The average molecular weight is 271 g/mol. The van der Waals surface area contributed by atoms with Crippen molar-refractivity contribution in [1.82, 2.24) is 9.88 Å². The predicted octanol–water partition coefficient (Wildman–Crippen LogP) is 2.35. The van der Waals surface area contributed by atoms with Crippen molar-refractivity contribution in [2.75, 3.05) is 26.4 Å². The highest BCUT2D eigenvalue weighted by Gasteiger charge is 1.99. The smallest absolute Gasteiger partial charge is 0.130 e. The van der Waals surface area contributed by atoms with Crippen LogP contribution in [0.2, 0.25) is 0 Å². The van der Waals surface area contributed by atoms with Crippen LogP contribution in [0.1, 0.15) is 11.3 Å². The summed E-state index contributed by atoms with van der Waals surface area (Å²) in [6.07, 6.45) is 1.05. The molecule has 0 aliphatic heterocycles. The van der Waals surface area contributed by atoms with Crippen LogP contribution in [0.25, 0.3) is 0 Å². The zero-order valence-electron chi connectivity index (χ0n) is 12.0. The molecule has 0 atom stereocenters. The maximum atomic E-state index is 5.70. The SMILES string of the molecule is CN(C)CCc1ccc(OCc2cccc(N)n2)cc1. The fourth-order valence-corrected chi connectivity index (χ4v) is 1.84. The van der Waals surface area contributed by atoms with Crippen LogP contribution in [0.4, 0.5) is 5.82 Å². The molecule has 0 saturated carbocycles. The maximum absolute atomic E-state index is 5.70. The number of nitrogen functional groups attached to an aromatic ring is 1. The quantitative estimate of drug-likeness (QED) is 0.876. The normalized spacial score (nSPS) is 10.8. The Hall–Kier alpha value is -2.07. The van der Waals surface area contributed by atoms with Gasteiger partial charge in [-0.05, 0) is 50.3 Å². The molecule has 0 aliphatic rings. The number of likely N-dealkylation sites (N-methyl/N-ethyl adjacent to an activating group) is 1. The number of nitrogens with two attached hydrogens (primary N) is 1. The molecule has 2 aromatic rings. The summed E-state index contributed by atoms with van der Waals surface area (Å²) in [5.41, 5.74) is 7.78. The van der Waals surface area contributed by atoms with Crippen molar-refractivity contribution < 1.29 is 4.74 Å². The van der Waals surface area contributed by atoms with Crippen LogP contribution < -0.4 is 10.5 Å². The molecule has 106 valence electrons. The zero-order valence-corrected chi connectivity index (χ0v) is 12.0. The molecule has 2 N–H and O–H groups in total. The molecule has 0 bridgehead atoms. The number of benzene rings is 1. The number of aromatic nitrogens is 1. The second-order valence-electron chi connectivity index (χ2n) is 5.04. The average Bonchev–Trinajstić information content (AvgIpc) is 2.44. The molecule has 4 nitrogen and oxygen atoms in total. The molecular formula is C16H21N3O. The molecule has 0 radical (unpaired) electrons. The number of anilines is 1. The number of ether oxygens (including phenoxy) is 1. The van der Waals surface area contributed by atoms with Gasteiger partial charge in [0.2, 0.25) is 0 Å². The zero-order chi connectivity index (χ0) is 14.4. The van der Waals surface area contributed by atoms with Crippen molar-refractivity contribution in [2.45, 2.75) is 13.0 Å². The summed E-state index contributed by atoms with van der Waals surface area (Å²) in [7, 11) is 4.16. The van der Waals surface area contributed by atoms with E-state index in [0.29, 0.717) is 12.4 Å². The van der Waals surface area contributed by atoms with E-state index < -0.39 is 0 Å². The second-order valence-corrected chi connectivity index (χ2v) is 5.04. The van der Waals surface area contributed by atoms with E-state index >= 15 is 0 Å². The molecule has 0 saturated heterocycles. The number of hydrogen-bond acceptors (Lipinski definition) is 4. The first-order valence-corrected chi connectivity index (χ1v) is 6.71. The lowest BCUT2D eigenvalue weighted by molar-refractivity contribution is 0.301. The first-order chi connectivity index (χ1) is 9.63. The highest BCUT2D eigenvalue weighted by Crippen LogP contribution is 2.14. The molecule has 0 spiro atoms. The number of hydrogen-bond donors (Lipinski definition) is 1. The minimum Gasteiger partial charge on any atom is -0.487 e. The molecule has 0 aliphatic carbocycles. The molecule has 4 heteroatoms. The molecule has 1 aromatic carbocycles. The van der Waals surface area contributed by atoms with Gasteiger partial charge < -0.3 is 15.4 Å². The van der Waals surface area contributed by atoms with Gasteiger partial charge >= 0.3 is 0 Å². The van der Waals surface area contributed by atoms with Gasteiger partial charge in [-0.25, -0.2) is 4.98 Å². The van der Waals surface area contributed by atoms with Gasteiger partial charge in [-0.3, -0.25) is 0 Å². The topological polar surface area (TPSA) is 51.4 Å². The summed E-state index contributed by atoms with van der Waals surface area (Å²) in [6, 6.07) is 13.8. The van der Waals surface area contributed by atoms with E-state index in [4.69, 9.17) is 10.5 Å².